The van der Waals surface area contributed by atoms with Gasteiger partial charge in [-0.3, -0.25) is 35.9 Å². The van der Waals surface area contributed by atoms with Crippen molar-refractivity contribution in [1.82, 2.24) is 16.2 Å². The lowest BCUT2D eigenvalue weighted by Gasteiger charge is -2.11. The Hall–Kier alpha value is -3.24. The number of non-ortho nitro benzene ring substituents is 1. The smallest absolute Gasteiger partial charge is 0.276 e. The third-order valence-electron chi connectivity index (χ3n) is 3.06. The number of carbonyl (C=O) groups is 2. The molecular formula is C16H13ClN4O5S. The third kappa shape index (κ3) is 6.20. The molecule has 2 amide bonds. The van der Waals surface area contributed by atoms with Crippen LogP contribution in [0.5, 0.6) is 5.75 Å². The molecule has 0 spiro atoms. The van der Waals surface area contributed by atoms with Crippen LogP contribution in [-0.2, 0) is 4.79 Å². The van der Waals surface area contributed by atoms with E-state index in [1.54, 1.807) is 24.3 Å². The van der Waals surface area contributed by atoms with Gasteiger partial charge in [0.15, 0.2) is 11.7 Å². The molecule has 0 heterocycles. The number of nitro groups is 1. The number of halogens is 1. The summed E-state index contributed by atoms with van der Waals surface area (Å²) in [7, 11) is 0. The summed E-state index contributed by atoms with van der Waals surface area (Å²) < 4.78 is 5.24. The molecule has 140 valence electrons. The van der Waals surface area contributed by atoms with Crippen LogP contribution in [0.4, 0.5) is 5.69 Å². The van der Waals surface area contributed by atoms with Crippen LogP contribution in [0.3, 0.4) is 0 Å². The van der Waals surface area contributed by atoms with Crippen LogP contribution in [0.1, 0.15) is 10.4 Å². The lowest BCUT2D eigenvalue weighted by Crippen LogP contribution is -2.49. The first kappa shape index (κ1) is 20.1. The molecule has 2 rings (SSSR count). The molecule has 0 bridgehead atoms. The van der Waals surface area contributed by atoms with Crippen LogP contribution in [0.15, 0.2) is 48.5 Å². The summed E-state index contributed by atoms with van der Waals surface area (Å²) in [5.41, 5.74) is 4.38. The average Bonchev–Trinajstić information content (AvgIpc) is 2.65. The van der Waals surface area contributed by atoms with E-state index in [-0.39, 0.29) is 23.0 Å². The van der Waals surface area contributed by atoms with E-state index in [1.165, 1.54) is 18.2 Å². The maximum atomic E-state index is 12.0. The Balaban J connectivity index is 1.79. The van der Waals surface area contributed by atoms with Crippen LogP contribution in [0, 0.1) is 10.1 Å². The molecule has 27 heavy (non-hydrogen) atoms. The Morgan fingerprint density at radius 1 is 1.15 bits per heavy atom. The number of nitrogens with zero attached hydrogens (tertiary/aromatic N) is 1. The normalized spacial score (nSPS) is 9.81. The zero-order valence-corrected chi connectivity index (χ0v) is 15.2. The van der Waals surface area contributed by atoms with Gasteiger partial charge in [-0.05, 0) is 30.4 Å². The summed E-state index contributed by atoms with van der Waals surface area (Å²) >= 11 is 10.8. The van der Waals surface area contributed by atoms with Gasteiger partial charge in [0, 0.05) is 17.7 Å². The number of nitro benzene ring substituents is 1. The number of thiocarbonyl (C=S) groups is 1. The molecule has 2 aromatic carbocycles. The second-order valence-corrected chi connectivity index (χ2v) is 5.80. The topological polar surface area (TPSA) is 123 Å². The number of carbonyl (C=O) groups excluding carboxylic acids is 2. The van der Waals surface area contributed by atoms with Crippen LogP contribution >= 0.6 is 23.8 Å². The fourth-order valence-electron chi connectivity index (χ4n) is 1.83. The first-order valence-electron chi connectivity index (χ1n) is 7.39. The summed E-state index contributed by atoms with van der Waals surface area (Å²) in [6.45, 7) is -0.335. The molecular weight excluding hydrogens is 396 g/mol. The highest BCUT2D eigenvalue weighted by Gasteiger charge is 2.13. The molecule has 0 fully saturated rings. The van der Waals surface area contributed by atoms with Crippen LogP contribution in [0.2, 0.25) is 5.02 Å². The van der Waals surface area contributed by atoms with E-state index in [4.69, 9.17) is 28.6 Å². The number of hydrogen-bond donors (Lipinski definition) is 3. The highest BCUT2D eigenvalue weighted by Crippen LogP contribution is 2.22. The molecule has 0 unspecified atom stereocenters. The highest BCUT2D eigenvalue weighted by atomic mass is 35.5. The van der Waals surface area contributed by atoms with Crippen molar-refractivity contribution in [3.8, 4) is 5.75 Å². The van der Waals surface area contributed by atoms with Gasteiger partial charge in [0.1, 0.15) is 5.75 Å². The largest absolute Gasteiger partial charge is 0.482 e. The zero-order chi connectivity index (χ0) is 19.8. The molecule has 0 atom stereocenters. The minimum Gasteiger partial charge on any atom is -0.482 e. The van der Waals surface area contributed by atoms with Crippen molar-refractivity contribution in [2.45, 2.75) is 0 Å². The SMILES string of the molecule is O=C(COc1ccccc1Cl)NNC(=S)NC(=O)c1cccc([N+](=O)[O-])c1. The second kappa shape index (κ2) is 9.46. The van der Waals surface area contributed by atoms with Gasteiger partial charge >= 0.3 is 0 Å². The number of ether oxygens (including phenoxy) is 1. The van der Waals surface area contributed by atoms with Crippen molar-refractivity contribution in [2.24, 2.45) is 0 Å². The molecule has 0 aliphatic carbocycles. The van der Waals surface area contributed by atoms with Crippen molar-refractivity contribution in [3.05, 3.63) is 69.2 Å². The van der Waals surface area contributed by atoms with Gasteiger partial charge in [-0.15, -0.1) is 0 Å². The maximum absolute atomic E-state index is 12.0. The Kier molecular flexibility index (Phi) is 7.03. The Labute approximate surface area is 163 Å². The second-order valence-electron chi connectivity index (χ2n) is 4.98. The Morgan fingerprint density at radius 3 is 2.59 bits per heavy atom. The van der Waals surface area contributed by atoms with Gasteiger partial charge in [0.05, 0.1) is 9.95 Å². The fourth-order valence-corrected chi connectivity index (χ4v) is 2.17. The van der Waals surface area contributed by atoms with Crippen molar-refractivity contribution < 1.29 is 19.2 Å². The average molecular weight is 409 g/mol. The van der Waals surface area contributed by atoms with Gasteiger partial charge in [-0.25, -0.2) is 0 Å². The molecule has 2 aromatic rings. The quantitative estimate of drug-likeness (QED) is 0.392. The molecule has 11 heteroatoms. The summed E-state index contributed by atoms with van der Waals surface area (Å²) in [4.78, 5) is 33.8. The monoisotopic (exact) mass is 408 g/mol. The first-order valence-corrected chi connectivity index (χ1v) is 8.17. The van der Waals surface area contributed by atoms with Crippen LogP contribution < -0.4 is 20.9 Å². The van der Waals surface area contributed by atoms with E-state index in [1.807, 2.05) is 0 Å². The number of hydrazine groups is 1. The van der Waals surface area contributed by atoms with Gasteiger partial charge in [-0.2, -0.15) is 0 Å². The fraction of sp³-hybridized carbons (Fsp3) is 0.0625. The molecule has 0 radical (unpaired) electrons. The summed E-state index contributed by atoms with van der Waals surface area (Å²) in [5.74, 6) is -0.893. The lowest BCUT2D eigenvalue weighted by atomic mass is 10.2. The number of rotatable bonds is 5. The van der Waals surface area contributed by atoms with E-state index < -0.39 is 16.7 Å². The Morgan fingerprint density at radius 2 is 1.89 bits per heavy atom. The van der Waals surface area contributed by atoms with Gasteiger partial charge < -0.3 is 4.74 Å². The number of hydrogen-bond acceptors (Lipinski definition) is 6. The molecule has 0 saturated carbocycles. The zero-order valence-electron chi connectivity index (χ0n) is 13.6. The molecule has 0 aliphatic rings. The van der Waals surface area contributed by atoms with Crippen LogP contribution in [-0.4, -0.2) is 28.5 Å². The summed E-state index contributed by atoms with van der Waals surface area (Å²) in [5, 5.41) is 13.2. The van der Waals surface area contributed by atoms with Crippen molar-refractivity contribution in [2.75, 3.05) is 6.61 Å². The lowest BCUT2D eigenvalue weighted by molar-refractivity contribution is -0.384. The minimum atomic E-state index is -0.669. The van der Waals surface area contributed by atoms with Gasteiger partial charge in [0.25, 0.3) is 17.5 Å². The van der Waals surface area contributed by atoms with Crippen LogP contribution in [0.25, 0.3) is 0 Å². The highest BCUT2D eigenvalue weighted by molar-refractivity contribution is 7.80. The number of benzene rings is 2. The first-order chi connectivity index (χ1) is 12.9. The van der Waals surface area contributed by atoms with Crippen molar-refractivity contribution in [1.29, 1.82) is 0 Å². The van der Waals surface area contributed by atoms with Crippen molar-refractivity contribution >= 4 is 46.4 Å². The van der Waals surface area contributed by atoms with E-state index in [0.29, 0.717) is 10.8 Å². The Bertz CT molecular complexity index is 893. The summed E-state index contributed by atoms with van der Waals surface area (Å²) in [6, 6.07) is 11.8. The molecule has 0 aliphatic heterocycles. The van der Waals surface area contributed by atoms with E-state index in [0.717, 1.165) is 6.07 Å². The number of nitrogens with one attached hydrogen (secondary N) is 3. The molecule has 9 nitrogen and oxygen atoms in total. The van der Waals surface area contributed by atoms with Gasteiger partial charge in [0.2, 0.25) is 0 Å². The third-order valence-corrected chi connectivity index (χ3v) is 3.57. The maximum Gasteiger partial charge on any atom is 0.276 e. The van der Waals surface area contributed by atoms with Gasteiger partial charge in [-0.1, -0.05) is 29.8 Å². The molecule has 0 saturated heterocycles. The molecule has 3 N–H and O–H groups in total. The van der Waals surface area contributed by atoms with Crippen molar-refractivity contribution in [3.63, 3.8) is 0 Å². The predicted molar refractivity (Wildman–Crippen MR) is 101 cm³/mol. The summed E-state index contributed by atoms with van der Waals surface area (Å²) in [6.07, 6.45) is 0. The van der Waals surface area contributed by atoms with E-state index in [2.05, 4.69) is 16.2 Å². The predicted octanol–water partition coefficient (Wildman–Crippen LogP) is 1.96. The van der Waals surface area contributed by atoms with E-state index >= 15 is 0 Å². The minimum absolute atomic E-state index is 0.0433. The standard InChI is InChI=1S/C16H13ClN4O5S/c17-12-6-1-2-7-13(12)26-9-14(22)19-20-16(27)18-15(23)10-4-3-5-11(8-10)21(24)25/h1-8H,9H2,(H,19,22)(H2,18,20,23,27). The molecule has 0 aromatic heterocycles. The number of para-hydroxylation sites is 1. The van der Waals surface area contributed by atoms with E-state index in [9.17, 15) is 19.7 Å². The number of amides is 2.